The van der Waals surface area contributed by atoms with E-state index in [0.717, 1.165) is 72.2 Å². The van der Waals surface area contributed by atoms with E-state index in [1.54, 1.807) is 0 Å². The van der Waals surface area contributed by atoms with Gasteiger partial charge in [-0.2, -0.15) is 0 Å². The van der Waals surface area contributed by atoms with Gasteiger partial charge in [0.2, 0.25) is 11.8 Å². The highest BCUT2D eigenvalue weighted by Gasteiger charge is 2.42. The fourth-order valence-electron chi connectivity index (χ4n) is 10.9. The van der Waals surface area contributed by atoms with Crippen molar-refractivity contribution in [3.05, 3.63) is 94.6 Å². The number of H-pyrrole nitrogens is 2. The van der Waals surface area contributed by atoms with E-state index in [2.05, 4.69) is 81.3 Å². The number of amides is 4. The topological polar surface area (TPSA) is 175 Å². The molecule has 4 amide bonds. The number of nitrogens with zero attached hydrogens (tertiary/aromatic N) is 4. The van der Waals surface area contributed by atoms with E-state index in [9.17, 15) is 19.2 Å². The third kappa shape index (κ3) is 8.43. The van der Waals surface area contributed by atoms with E-state index in [-0.39, 0.29) is 53.5 Å². The molecule has 64 heavy (non-hydrogen) atoms. The molecule has 6 atom stereocenters. The number of rotatable bonds is 12. The molecular weight excluding hydrogens is 809 g/mol. The maximum Gasteiger partial charge on any atom is 0.407 e. The second-order valence-corrected chi connectivity index (χ2v) is 19.1. The Labute approximate surface area is 374 Å². The minimum Gasteiger partial charge on any atom is -0.453 e. The SMILES string of the molecule is COC(=O)N[C@H](C(=O)N1CCC[C@H]1c1nc2ccc(C3CCC(c4ccc5nc([C@@H]6CCCN6C(=O)[C@@H](NC(=O)OC)C(C)C)[nH]c5c4)C3c3ccc(C4CC4)cc3)cc2[nH]1)C(C)C. The number of carbonyl (C=O) groups excluding carboxylic acids is 4. The number of benzene rings is 3. The fraction of sp³-hybridized carbons (Fsp3) is 0.520. The summed E-state index contributed by atoms with van der Waals surface area (Å²) in [6, 6.07) is 20.8. The lowest BCUT2D eigenvalue weighted by molar-refractivity contribution is -0.136. The number of methoxy groups -OCH3 is 2. The molecule has 2 aromatic heterocycles. The van der Waals surface area contributed by atoms with Crippen LogP contribution >= 0.6 is 0 Å². The fourth-order valence-corrected chi connectivity index (χ4v) is 10.9. The Bertz CT molecular complexity index is 2380. The van der Waals surface area contributed by atoms with Crippen LogP contribution in [0.1, 0.15) is 149 Å². The maximum absolute atomic E-state index is 13.9. The molecule has 2 saturated heterocycles. The van der Waals surface area contributed by atoms with Crippen molar-refractivity contribution in [2.24, 2.45) is 11.8 Å². The molecule has 3 aromatic carbocycles. The largest absolute Gasteiger partial charge is 0.453 e. The third-order valence-electron chi connectivity index (χ3n) is 14.4. The van der Waals surface area contributed by atoms with Crippen molar-refractivity contribution in [3.8, 4) is 0 Å². The zero-order valence-corrected chi connectivity index (χ0v) is 37.9. The molecule has 2 aliphatic heterocycles. The molecule has 2 unspecified atom stereocenters. The molecule has 2 saturated carbocycles. The Balaban J connectivity index is 0.994. The number of imidazole rings is 2. The van der Waals surface area contributed by atoms with Crippen molar-refractivity contribution in [3.63, 3.8) is 0 Å². The van der Waals surface area contributed by atoms with Crippen molar-refractivity contribution in [1.82, 2.24) is 40.4 Å². The lowest BCUT2D eigenvalue weighted by atomic mass is 9.77. The second-order valence-electron chi connectivity index (χ2n) is 19.1. The highest BCUT2D eigenvalue weighted by molar-refractivity contribution is 5.87. The number of aromatic nitrogens is 4. The van der Waals surface area contributed by atoms with Gasteiger partial charge in [0.25, 0.3) is 0 Å². The van der Waals surface area contributed by atoms with Gasteiger partial charge in [0.05, 0.1) is 48.4 Å². The van der Waals surface area contributed by atoms with Crippen LogP contribution in [-0.2, 0) is 19.1 Å². The highest BCUT2D eigenvalue weighted by Crippen LogP contribution is 2.55. The predicted octanol–water partition coefficient (Wildman–Crippen LogP) is 8.85. The number of carbonyl (C=O) groups is 4. The molecule has 4 aliphatic rings. The third-order valence-corrected chi connectivity index (χ3v) is 14.4. The first kappa shape index (κ1) is 43.3. The van der Waals surface area contributed by atoms with E-state index in [0.29, 0.717) is 19.0 Å². The van der Waals surface area contributed by atoms with Crippen LogP contribution in [0.4, 0.5) is 9.59 Å². The van der Waals surface area contributed by atoms with Gasteiger partial charge in [0.15, 0.2) is 0 Å². The zero-order valence-electron chi connectivity index (χ0n) is 37.9. The van der Waals surface area contributed by atoms with E-state index < -0.39 is 24.3 Å². The first-order valence-electron chi connectivity index (χ1n) is 23.3. The minimum absolute atomic E-state index is 0.111. The number of likely N-dealkylation sites (tertiary alicyclic amines) is 2. The molecule has 0 radical (unpaired) electrons. The summed E-state index contributed by atoms with van der Waals surface area (Å²) in [7, 11) is 2.61. The summed E-state index contributed by atoms with van der Waals surface area (Å²) in [5, 5.41) is 5.50. The summed E-state index contributed by atoms with van der Waals surface area (Å²) in [5.41, 5.74) is 8.94. The molecular formula is C50H62N8O6. The second kappa shape index (κ2) is 17.9. The summed E-state index contributed by atoms with van der Waals surface area (Å²) < 4.78 is 9.67. The Hall–Kier alpha value is -5.92. The van der Waals surface area contributed by atoms with Crippen molar-refractivity contribution < 1.29 is 28.7 Å². The van der Waals surface area contributed by atoms with Gasteiger partial charge in [-0.3, -0.25) is 9.59 Å². The van der Waals surface area contributed by atoms with Crippen molar-refractivity contribution >= 4 is 46.1 Å². The van der Waals surface area contributed by atoms with Gasteiger partial charge >= 0.3 is 12.2 Å². The van der Waals surface area contributed by atoms with Gasteiger partial charge in [0.1, 0.15) is 23.7 Å². The van der Waals surface area contributed by atoms with Gasteiger partial charge in [-0.05, 0) is 133 Å². The Morgan fingerprint density at radius 3 is 1.42 bits per heavy atom. The predicted molar refractivity (Wildman–Crippen MR) is 244 cm³/mol. The van der Waals surface area contributed by atoms with Gasteiger partial charge in [-0.25, -0.2) is 19.6 Å². The molecule has 338 valence electrons. The monoisotopic (exact) mass is 870 g/mol. The molecule has 4 fully saturated rings. The van der Waals surface area contributed by atoms with E-state index >= 15 is 0 Å². The molecule has 2 aliphatic carbocycles. The van der Waals surface area contributed by atoms with Crippen molar-refractivity contribution in [2.45, 2.75) is 127 Å². The van der Waals surface area contributed by atoms with Gasteiger partial charge < -0.3 is 39.9 Å². The van der Waals surface area contributed by atoms with Gasteiger partial charge in [-0.15, -0.1) is 0 Å². The summed E-state index contributed by atoms with van der Waals surface area (Å²) in [6.45, 7) is 8.90. The number of ether oxygens (including phenoxy) is 2. The van der Waals surface area contributed by atoms with Crippen LogP contribution in [0.5, 0.6) is 0 Å². The van der Waals surface area contributed by atoms with E-state index in [4.69, 9.17) is 19.4 Å². The molecule has 5 aromatic rings. The van der Waals surface area contributed by atoms with E-state index in [1.165, 1.54) is 49.3 Å². The molecule has 0 bridgehead atoms. The zero-order chi connectivity index (χ0) is 44.8. The first-order chi connectivity index (χ1) is 30.9. The lowest BCUT2D eigenvalue weighted by Crippen LogP contribution is -2.51. The highest BCUT2D eigenvalue weighted by atomic mass is 16.5. The molecule has 14 heteroatoms. The van der Waals surface area contributed by atoms with Crippen molar-refractivity contribution in [2.75, 3.05) is 27.3 Å². The average Bonchev–Trinajstić information content (AvgIpc) is 3.84. The number of aromatic amines is 2. The van der Waals surface area contributed by atoms with Crippen LogP contribution in [0, 0.1) is 11.8 Å². The van der Waals surface area contributed by atoms with Gasteiger partial charge in [-0.1, -0.05) is 64.1 Å². The quantitative estimate of drug-likeness (QED) is 0.0962. The first-order valence-corrected chi connectivity index (χ1v) is 23.3. The normalized spacial score (nSPS) is 23.3. The Kier molecular flexibility index (Phi) is 12.1. The Morgan fingerprint density at radius 2 is 1.02 bits per heavy atom. The molecule has 0 spiro atoms. The van der Waals surface area contributed by atoms with Gasteiger partial charge in [0, 0.05) is 13.1 Å². The number of nitrogens with one attached hydrogen (secondary N) is 4. The molecule has 9 rings (SSSR count). The number of alkyl carbamates (subject to hydrolysis) is 2. The molecule has 4 N–H and O–H groups in total. The summed E-state index contributed by atoms with van der Waals surface area (Å²) in [4.78, 5) is 73.1. The van der Waals surface area contributed by atoms with Crippen LogP contribution < -0.4 is 10.6 Å². The van der Waals surface area contributed by atoms with Crippen LogP contribution in [0.25, 0.3) is 22.1 Å². The standard InChI is InChI=1S/C50H62N8O6/c1-27(2)43(55-49(61)63-5)47(59)57-23-7-9-40(57)45-51-36-21-17-32(25-38(36)53-45)34-19-20-35(42(34)31-15-13-30(14-16-31)29-11-12-29)33-18-22-37-39(26-33)54-46(52-37)41-10-8-24-58(41)48(60)44(28(3)4)56-50(62)64-6/h13-18,21-22,25-29,34-35,40-44H,7-12,19-20,23-24H2,1-6H3,(H,51,53)(H,52,54)(H,55,61)(H,56,62)/t34?,35?,40-,41-,42?,43-,44-/m0/s1. The molecule has 14 nitrogen and oxygen atoms in total. The number of hydrogen-bond acceptors (Lipinski definition) is 8. The van der Waals surface area contributed by atoms with E-state index in [1.807, 2.05) is 37.5 Å². The van der Waals surface area contributed by atoms with Crippen LogP contribution in [0.2, 0.25) is 0 Å². The number of hydrogen-bond donors (Lipinski definition) is 4. The van der Waals surface area contributed by atoms with Crippen molar-refractivity contribution in [1.29, 1.82) is 0 Å². The summed E-state index contributed by atoms with van der Waals surface area (Å²) in [5.74, 6) is 2.48. The maximum atomic E-state index is 13.9. The minimum atomic E-state index is -0.695. The average molecular weight is 871 g/mol. The Morgan fingerprint density at radius 1 is 0.594 bits per heavy atom. The summed E-state index contributed by atoms with van der Waals surface area (Å²) >= 11 is 0. The number of fused-ring (bicyclic) bond motifs is 2. The smallest absolute Gasteiger partial charge is 0.407 e. The van der Waals surface area contributed by atoms with Crippen LogP contribution in [-0.4, -0.2) is 93.1 Å². The summed E-state index contributed by atoms with van der Waals surface area (Å²) in [6.07, 6.45) is 6.61. The van der Waals surface area contributed by atoms with Crippen LogP contribution in [0.3, 0.4) is 0 Å². The lowest BCUT2D eigenvalue weighted by Gasteiger charge is -2.29. The van der Waals surface area contributed by atoms with Crippen LogP contribution in [0.15, 0.2) is 60.7 Å². The molecule has 4 heterocycles.